The van der Waals surface area contributed by atoms with Crippen LogP contribution in [0.25, 0.3) is 11.1 Å². The predicted octanol–water partition coefficient (Wildman–Crippen LogP) is 1.83. The molecule has 2 heterocycles. The van der Waals surface area contributed by atoms with Crippen LogP contribution in [0.4, 0.5) is 0 Å². The number of hydrogen-bond donors (Lipinski definition) is 2. The van der Waals surface area contributed by atoms with Gasteiger partial charge in [0.25, 0.3) is 5.91 Å². The van der Waals surface area contributed by atoms with E-state index < -0.39 is 5.76 Å². The van der Waals surface area contributed by atoms with Gasteiger partial charge in [-0.3, -0.25) is 14.7 Å². The molecule has 1 aromatic carbocycles. The van der Waals surface area contributed by atoms with Gasteiger partial charge in [-0.15, -0.1) is 0 Å². The van der Waals surface area contributed by atoms with Crippen LogP contribution in [0.5, 0.6) is 0 Å². The van der Waals surface area contributed by atoms with Crippen molar-refractivity contribution < 1.29 is 12.1 Å². The number of H-pyrrole nitrogens is 1. The highest BCUT2D eigenvalue weighted by Gasteiger charge is 2.38. The highest BCUT2D eigenvalue weighted by Crippen LogP contribution is 2.31. The number of fused-ring (bicyclic) bond motifs is 1. The van der Waals surface area contributed by atoms with Crippen molar-refractivity contribution in [3.63, 3.8) is 0 Å². The molecule has 1 aliphatic carbocycles. The standard InChI is InChI=1S/C16H19N3O3.2H2/c1-9-7-19(11-3-4-11)8-13(9)17-15(20)10-2-5-12-14(6-10)22-16(21)18-12;;/h2,5-6,9,11,13H,3-4,7-8H2,1H3,(H,17,20)(H,18,21);2*1H/t9-,13-;;/m0../s1. The molecule has 4 rings (SSSR count). The van der Waals surface area contributed by atoms with Gasteiger partial charge in [0.2, 0.25) is 0 Å². The zero-order valence-corrected chi connectivity index (χ0v) is 12.5. The van der Waals surface area contributed by atoms with Crippen LogP contribution >= 0.6 is 0 Å². The second-order valence-corrected chi connectivity index (χ2v) is 6.47. The van der Waals surface area contributed by atoms with Crippen LogP contribution in [0.15, 0.2) is 27.4 Å². The summed E-state index contributed by atoms with van der Waals surface area (Å²) in [6, 6.07) is 5.93. The first-order valence-electron chi connectivity index (χ1n) is 7.78. The Balaban J connectivity index is 0.00000104. The molecule has 2 N–H and O–H groups in total. The van der Waals surface area contributed by atoms with Crippen molar-refractivity contribution in [2.75, 3.05) is 13.1 Å². The number of benzene rings is 1. The lowest BCUT2D eigenvalue weighted by molar-refractivity contribution is 0.0931. The van der Waals surface area contributed by atoms with Gasteiger partial charge in [-0.05, 0) is 37.0 Å². The normalized spacial score (nSPS) is 25.7. The Kier molecular flexibility index (Phi) is 3.07. The maximum absolute atomic E-state index is 12.4. The Morgan fingerprint density at radius 2 is 2.23 bits per heavy atom. The van der Waals surface area contributed by atoms with E-state index in [9.17, 15) is 9.59 Å². The van der Waals surface area contributed by atoms with Crippen molar-refractivity contribution in [2.45, 2.75) is 31.8 Å². The molecule has 0 spiro atoms. The summed E-state index contributed by atoms with van der Waals surface area (Å²) in [4.78, 5) is 28.6. The summed E-state index contributed by atoms with van der Waals surface area (Å²) in [6.07, 6.45) is 2.58. The molecule has 22 heavy (non-hydrogen) atoms. The first-order chi connectivity index (χ1) is 10.6. The largest absolute Gasteiger partial charge is 0.417 e. The summed E-state index contributed by atoms with van der Waals surface area (Å²) in [6.45, 7) is 4.17. The summed E-state index contributed by atoms with van der Waals surface area (Å²) in [5, 5.41) is 3.12. The van der Waals surface area contributed by atoms with Gasteiger partial charge in [0, 0.05) is 33.6 Å². The minimum Gasteiger partial charge on any atom is -0.408 e. The third kappa shape index (κ3) is 2.43. The van der Waals surface area contributed by atoms with Crippen molar-refractivity contribution in [1.82, 2.24) is 15.2 Å². The average molecular weight is 305 g/mol. The number of aromatic amines is 1. The smallest absolute Gasteiger partial charge is 0.408 e. The fraction of sp³-hybridized carbons (Fsp3) is 0.500. The molecule has 2 aromatic rings. The van der Waals surface area contributed by atoms with E-state index >= 15 is 0 Å². The van der Waals surface area contributed by atoms with Crippen molar-refractivity contribution in [2.24, 2.45) is 5.92 Å². The zero-order valence-electron chi connectivity index (χ0n) is 12.5. The maximum Gasteiger partial charge on any atom is 0.417 e. The van der Waals surface area contributed by atoms with E-state index in [4.69, 9.17) is 4.42 Å². The van der Waals surface area contributed by atoms with Crippen LogP contribution in [-0.4, -0.2) is 41.0 Å². The Morgan fingerprint density at radius 3 is 3.00 bits per heavy atom. The first-order valence-corrected chi connectivity index (χ1v) is 7.78. The highest BCUT2D eigenvalue weighted by molar-refractivity contribution is 5.97. The van der Waals surface area contributed by atoms with Gasteiger partial charge in [0.1, 0.15) is 0 Å². The van der Waals surface area contributed by atoms with Crippen LogP contribution in [0.3, 0.4) is 0 Å². The molecule has 120 valence electrons. The number of hydrogen-bond acceptors (Lipinski definition) is 4. The second kappa shape index (κ2) is 4.98. The molecule has 0 radical (unpaired) electrons. The van der Waals surface area contributed by atoms with Gasteiger partial charge >= 0.3 is 5.76 Å². The van der Waals surface area contributed by atoms with Gasteiger partial charge in [-0.2, -0.15) is 0 Å². The summed E-state index contributed by atoms with van der Waals surface area (Å²) in [5.41, 5.74) is 1.54. The molecular weight excluding hydrogens is 282 g/mol. The van der Waals surface area contributed by atoms with Gasteiger partial charge in [-0.1, -0.05) is 6.92 Å². The molecular formula is C16H23N3O3. The number of likely N-dealkylation sites (tertiary alicyclic amines) is 1. The molecule has 1 aromatic heterocycles. The number of aromatic nitrogens is 1. The Bertz CT molecular complexity index is 784. The van der Waals surface area contributed by atoms with Gasteiger partial charge < -0.3 is 9.73 Å². The third-order valence-electron chi connectivity index (χ3n) is 4.70. The van der Waals surface area contributed by atoms with Crippen LogP contribution in [0.1, 0.15) is 33.0 Å². The number of amides is 1. The minimum atomic E-state index is -0.503. The number of carbonyl (C=O) groups excluding carboxylic acids is 1. The summed E-state index contributed by atoms with van der Waals surface area (Å²) < 4.78 is 5.01. The monoisotopic (exact) mass is 305 g/mol. The van der Waals surface area contributed by atoms with Crippen molar-refractivity contribution in [1.29, 1.82) is 0 Å². The fourth-order valence-electron chi connectivity index (χ4n) is 3.27. The Labute approximate surface area is 130 Å². The van der Waals surface area contributed by atoms with E-state index in [-0.39, 0.29) is 14.8 Å². The topological polar surface area (TPSA) is 78.3 Å². The second-order valence-electron chi connectivity index (χ2n) is 6.47. The van der Waals surface area contributed by atoms with E-state index in [1.165, 1.54) is 12.8 Å². The van der Waals surface area contributed by atoms with E-state index in [1.807, 2.05) is 0 Å². The summed E-state index contributed by atoms with van der Waals surface area (Å²) in [5.74, 6) is -0.157. The molecule has 0 bridgehead atoms. The lowest BCUT2D eigenvalue weighted by atomic mass is 10.1. The van der Waals surface area contributed by atoms with Crippen molar-refractivity contribution in [3.8, 4) is 0 Å². The molecule has 2 atom stereocenters. The van der Waals surface area contributed by atoms with E-state index in [0.717, 1.165) is 19.1 Å². The van der Waals surface area contributed by atoms with Crippen molar-refractivity contribution in [3.05, 3.63) is 34.3 Å². The molecule has 1 amide bonds. The highest BCUT2D eigenvalue weighted by atomic mass is 16.4. The molecule has 0 unspecified atom stereocenters. The molecule has 2 fully saturated rings. The molecule has 1 aliphatic heterocycles. The number of nitrogens with one attached hydrogen (secondary N) is 2. The van der Waals surface area contributed by atoms with Gasteiger partial charge in [0.05, 0.1) is 5.52 Å². The molecule has 1 saturated heterocycles. The van der Waals surface area contributed by atoms with Crippen LogP contribution < -0.4 is 11.1 Å². The van der Waals surface area contributed by atoms with E-state index in [2.05, 4.69) is 22.1 Å². The van der Waals surface area contributed by atoms with Gasteiger partial charge in [-0.25, -0.2) is 4.79 Å². The van der Waals surface area contributed by atoms with Crippen LogP contribution in [-0.2, 0) is 0 Å². The SMILES string of the molecule is C[C@H]1CN(C2CC2)C[C@@H]1NC(=O)c1ccc2[nH]c(=O)oc2c1.[HH].[HH]. The van der Waals surface area contributed by atoms with Crippen molar-refractivity contribution >= 4 is 17.0 Å². The molecule has 6 nitrogen and oxygen atoms in total. The lowest BCUT2D eigenvalue weighted by Crippen LogP contribution is -2.40. The van der Waals surface area contributed by atoms with Gasteiger partial charge in [0.15, 0.2) is 5.58 Å². The predicted molar refractivity (Wildman–Crippen MR) is 86.1 cm³/mol. The summed E-state index contributed by atoms with van der Waals surface area (Å²) in [7, 11) is 0. The molecule has 1 saturated carbocycles. The zero-order chi connectivity index (χ0) is 15.3. The van der Waals surface area contributed by atoms with E-state index in [0.29, 0.717) is 22.6 Å². The number of nitrogens with zero attached hydrogens (tertiary/aromatic N) is 1. The lowest BCUT2D eigenvalue weighted by Gasteiger charge is -2.17. The molecule has 6 heteroatoms. The minimum absolute atomic E-state index is 0. The number of carbonyl (C=O) groups is 1. The van der Waals surface area contributed by atoms with E-state index in [1.54, 1.807) is 18.2 Å². The molecule has 2 aliphatic rings. The first kappa shape index (κ1) is 13.6. The fourth-order valence-corrected chi connectivity index (χ4v) is 3.27. The number of rotatable bonds is 3. The number of oxazole rings is 1. The Hall–Kier alpha value is -2.08. The summed E-state index contributed by atoms with van der Waals surface area (Å²) >= 11 is 0. The van der Waals surface area contributed by atoms with Crippen LogP contribution in [0, 0.1) is 5.92 Å². The van der Waals surface area contributed by atoms with Crippen LogP contribution in [0.2, 0.25) is 0 Å². The average Bonchev–Trinajstić information content (AvgIpc) is 3.17. The Morgan fingerprint density at radius 1 is 1.41 bits per heavy atom. The quantitative estimate of drug-likeness (QED) is 0.907. The third-order valence-corrected chi connectivity index (χ3v) is 4.70. The maximum atomic E-state index is 12.4.